The topological polar surface area (TPSA) is 26.0 Å². The first-order valence-corrected chi connectivity index (χ1v) is 10.0. The summed E-state index contributed by atoms with van der Waals surface area (Å²) in [5, 5.41) is 0.777. The van der Waals surface area contributed by atoms with Gasteiger partial charge in [0.2, 0.25) is 0 Å². The van der Waals surface area contributed by atoms with E-state index in [4.69, 9.17) is 4.42 Å². The standard InChI is InChI=1S/C21H12FI2NO/c22-15-10-14-11-20(26-21(14)19(24)12-15)17-7-5-13(9-18(17)23)4-6-16-3-1-2-8-25-16/h1-12H/b6-4+. The smallest absolute Gasteiger partial charge is 0.148 e. The molecule has 2 heterocycles. The third-order valence-electron chi connectivity index (χ3n) is 3.93. The molecule has 0 bridgehead atoms. The largest absolute Gasteiger partial charge is 0.455 e. The molecule has 0 aliphatic heterocycles. The van der Waals surface area contributed by atoms with Crippen LogP contribution in [0.3, 0.4) is 0 Å². The van der Waals surface area contributed by atoms with E-state index in [9.17, 15) is 4.39 Å². The summed E-state index contributed by atoms with van der Waals surface area (Å²) in [6.45, 7) is 0. The van der Waals surface area contributed by atoms with Crippen molar-refractivity contribution in [1.29, 1.82) is 0 Å². The maximum absolute atomic E-state index is 13.6. The van der Waals surface area contributed by atoms with E-state index in [0.717, 1.165) is 40.7 Å². The van der Waals surface area contributed by atoms with Crippen LogP contribution in [-0.4, -0.2) is 4.98 Å². The van der Waals surface area contributed by atoms with Gasteiger partial charge in [0, 0.05) is 20.7 Å². The van der Waals surface area contributed by atoms with E-state index >= 15 is 0 Å². The van der Waals surface area contributed by atoms with Crippen LogP contribution < -0.4 is 0 Å². The Morgan fingerprint density at radius 1 is 0.923 bits per heavy atom. The lowest BCUT2D eigenvalue weighted by Gasteiger charge is -2.03. The fourth-order valence-corrected chi connectivity index (χ4v) is 4.22. The number of hydrogen-bond acceptors (Lipinski definition) is 2. The number of hydrogen-bond donors (Lipinski definition) is 0. The Kier molecular flexibility index (Phi) is 5.08. The predicted molar refractivity (Wildman–Crippen MR) is 120 cm³/mol. The number of fused-ring (bicyclic) bond motifs is 1. The third-order valence-corrected chi connectivity index (χ3v) is 5.62. The summed E-state index contributed by atoms with van der Waals surface area (Å²) in [5.41, 5.74) is 3.71. The lowest BCUT2D eigenvalue weighted by atomic mass is 10.1. The third kappa shape index (κ3) is 3.68. The zero-order chi connectivity index (χ0) is 18.1. The van der Waals surface area contributed by atoms with E-state index in [1.54, 1.807) is 6.20 Å². The number of nitrogens with zero attached hydrogens (tertiary/aromatic N) is 1. The average molecular weight is 567 g/mol. The van der Waals surface area contributed by atoms with Gasteiger partial charge in [-0.05, 0) is 99.3 Å². The Morgan fingerprint density at radius 3 is 2.58 bits per heavy atom. The minimum Gasteiger partial charge on any atom is -0.455 e. The van der Waals surface area contributed by atoms with Crippen molar-refractivity contribution in [3.05, 3.63) is 85.0 Å². The molecule has 26 heavy (non-hydrogen) atoms. The number of rotatable bonds is 3. The molecule has 0 saturated carbocycles. The molecule has 0 aliphatic carbocycles. The molecule has 128 valence electrons. The molecule has 2 nitrogen and oxygen atoms in total. The molecular weight excluding hydrogens is 555 g/mol. The molecular formula is C21H12FI2NO. The van der Waals surface area contributed by atoms with Gasteiger partial charge in [0.15, 0.2) is 0 Å². The zero-order valence-corrected chi connectivity index (χ0v) is 17.7. The van der Waals surface area contributed by atoms with Crippen LogP contribution in [0.15, 0.2) is 65.2 Å². The quantitative estimate of drug-likeness (QED) is 0.249. The van der Waals surface area contributed by atoms with Crippen LogP contribution in [0.4, 0.5) is 4.39 Å². The molecule has 0 unspecified atom stereocenters. The molecule has 2 aromatic carbocycles. The lowest BCUT2D eigenvalue weighted by Crippen LogP contribution is -1.83. The second-order valence-corrected chi connectivity index (χ2v) is 8.07. The highest BCUT2D eigenvalue weighted by molar-refractivity contribution is 14.1. The second kappa shape index (κ2) is 7.48. The van der Waals surface area contributed by atoms with Gasteiger partial charge in [-0.2, -0.15) is 0 Å². The van der Waals surface area contributed by atoms with Crippen molar-refractivity contribution in [1.82, 2.24) is 4.98 Å². The van der Waals surface area contributed by atoms with Crippen molar-refractivity contribution in [2.24, 2.45) is 0 Å². The summed E-state index contributed by atoms with van der Waals surface area (Å²) in [6.07, 6.45) is 5.79. The van der Waals surface area contributed by atoms with Crippen molar-refractivity contribution in [3.63, 3.8) is 0 Å². The van der Waals surface area contributed by atoms with E-state index in [0.29, 0.717) is 0 Å². The molecule has 4 rings (SSSR count). The Bertz CT molecular complexity index is 1120. The normalized spacial score (nSPS) is 11.5. The SMILES string of the molecule is Fc1cc(I)c2oc(-c3ccc(/C=C/c4ccccn4)cc3I)cc2c1. The molecule has 0 N–H and O–H groups in total. The van der Waals surface area contributed by atoms with Gasteiger partial charge in [0.1, 0.15) is 17.2 Å². The Balaban J connectivity index is 1.68. The Hall–Kier alpha value is -1.74. The summed E-state index contributed by atoms with van der Waals surface area (Å²) < 4.78 is 21.4. The first-order chi connectivity index (χ1) is 12.6. The molecule has 0 aliphatic rings. The Morgan fingerprint density at radius 2 is 1.81 bits per heavy atom. The van der Waals surface area contributed by atoms with Crippen LogP contribution >= 0.6 is 45.2 Å². The van der Waals surface area contributed by atoms with Gasteiger partial charge >= 0.3 is 0 Å². The summed E-state index contributed by atoms with van der Waals surface area (Å²) in [7, 11) is 0. The van der Waals surface area contributed by atoms with Gasteiger partial charge in [-0.3, -0.25) is 4.98 Å². The van der Waals surface area contributed by atoms with Crippen molar-refractivity contribution >= 4 is 68.3 Å². The molecule has 4 aromatic rings. The summed E-state index contributed by atoms with van der Waals surface area (Å²) in [4.78, 5) is 4.29. The van der Waals surface area contributed by atoms with Crippen molar-refractivity contribution in [2.45, 2.75) is 0 Å². The molecule has 0 atom stereocenters. The van der Waals surface area contributed by atoms with E-state index in [1.807, 2.05) is 48.6 Å². The lowest BCUT2D eigenvalue weighted by molar-refractivity contribution is 0.616. The monoisotopic (exact) mass is 567 g/mol. The van der Waals surface area contributed by atoms with Crippen molar-refractivity contribution < 1.29 is 8.81 Å². The van der Waals surface area contributed by atoms with Crippen LogP contribution in [0.5, 0.6) is 0 Å². The van der Waals surface area contributed by atoms with Gasteiger partial charge in [-0.25, -0.2) is 4.39 Å². The zero-order valence-electron chi connectivity index (χ0n) is 13.4. The summed E-state index contributed by atoms with van der Waals surface area (Å²) >= 11 is 4.39. The van der Waals surface area contributed by atoms with Crippen LogP contribution in [0.2, 0.25) is 0 Å². The molecule has 5 heteroatoms. The van der Waals surface area contributed by atoms with Crippen LogP contribution in [-0.2, 0) is 0 Å². The molecule has 0 spiro atoms. The molecule has 0 radical (unpaired) electrons. The van der Waals surface area contributed by atoms with E-state index < -0.39 is 0 Å². The number of pyridine rings is 1. The highest BCUT2D eigenvalue weighted by Gasteiger charge is 2.13. The van der Waals surface area contributed by atoms with Crippen molar-refractivity contribution in [2.75, 3.05) is 0 Å². The summed E-state index contributed by atoms with van der Waals surface area (Å²) in [5.74, 6) is 0.493. The van der Waals surface area contributed by atoms with E-state index in [-0.39, 0.29) is 5.82 Å². The first kappa shape index (κ1) is 17.7. The van der Waals surface area contributed by atoms with Gasteiger partial charge in [-0.15, -0.1) is 0 Å². The number of furan rings is 1. The maximum atomic E-state index is 13.6. The first-order valence-electron chi connectivity index (χ1n) is 7.88. The van der Waals surface area contributed by atoms with Gasteiger partial charge in [0.25, 0.3) is 0 Å². The minimum absolute atomic E-state index is 0.251. The average Bonchev–Trinajstić information content (AvgIpc) is 3.05. The van der Waals surface area contributed by atoms with Gasteiger partial charge < -0.3 is 4.42 Å². The second-order valence-electron chi connectivity index (χ2n) is 5.74. The minimum atomic E-state index is -0.251. The van der Waals surface area contributed by atoms with E-state index in [1.165, 1.54) is 12.1 Å². The van der Waals surface area contributed by atoms with E-state index in [2.05, 4.69) is 56.2 Å². The summed E-state index contributed by atoms with van der Waals surface area (Å²) in [6, 6.07) is 16.9. The fraction of sp³-hybridized carbons (Fsp3) is 0. The number of aromatic nitrogens is 1. The Labute approximate surface area is 177 Å². The van der Waals surface area contributed by atoms with Crippen LogP contribution in [0.25, 0.3) is 34.4 Å². The molecule has 0 fully saturated rings. The van der Waals surface area contributed by atoms with Crippen molar-refractivity contribution in [3.8, 4) is 11.3 Å². The number of benzene rings is 2. The van der Waals surface area contributed by atoms with Gasteiger partial charge in [0.05, 0.1) is 9.26 Å². The van der Waals surface area contributed by atoms with Crippen LogP contribution in [0, 0.1) is 13.0 Å². The fourth-order valence-electron chi connectivity index (χ4n) is 2.70. The number of halogens is 3. The molecule has 0 saturated heterocycles. The highest BCUT2D eigenvalue weighted by Crippen LogP contribution is 2.34. The maximum Gasteiger partial charge on any atom is 0.148 e. The molecule has 2 aromatic heterocycles. The van der Waals surface area contributed by atoms with Gasteiger partial charge in [-0.1, -0.05) is 18.2 Å². The molecule has 0 amide bonds. The predicted octanol–water partition coefficient (Wildman–Crippen LogP) is 7.01. The highest BCUT2D eigenvalue weighted by atomic mass is 127. The van der Waals surface area contributed by atoms with Crippen LogP contribution in [0.1, 0.15) is 11.3 Å².